The predicted octanol–water partition coefficient (Wildman–Crippen LogP) is 1.71. The zero-order valence-electron chi connectivity index (χ0n) is 15.4. The van der Waals surface area contributed by atoms with Crippen LogP contribution in [0, 0.1) is 0 Å². The summed E-state index contributed by atoms with van der Waals surface area (Å²) >= 11 is 0. The average molecular weight is 371 g/mol. The number of hydrogen-bond acceptors (Lipinski definition) is 6. The van der Waals surface area contributed by atoms with E-state index in [0.717, 1.165) is 4.57 Å². The molecule has 0 saturated heterocycles. The minimum absolute atomic E-state index is 0.00125. The first-order valence-corrected chi connectivity index (χ1v) is 8.72. The Balaban J connectivity index is 2.10. The average Bonchev–Trinajstić information content (AvgIpc) is 2.96. The molecule has 0 atom stereocenters. The van der Waals surface area contributed by atoms with Gasteiger partial charge in [0.2, 0.25) is 5.78 Å². The lowest BCUT2D eigenvalue weighted by molar-refractivity contribution is 0.104. The van der Waals surface area contributed by atoms with Crippen LogP contribution in [-0.4, -0.2) is 26.6 Å². The first kappa shape index (κ1) is 18.5. The zero-order chi connectivity index (χ0) is 19.7. The summed E-state index contributed by atoms with van der Waals surface area (Å²) in [5.41, 5.74) is -0.332. The van der Waals surface area contributed by atoms with Gasteiger partial charge in [-0.15, -0.1) is 0 Å². The highest BCUT2D eigenvalue weighted by Crippen LogP contribution is 2.30. The minimum atomic E-state index is -0.621. The van der Waals surface area contributed by atoms with Crippen molar-refractivity contribution in [3.05, 3.63) is 55.9 Å². The number of rotatable bonds is 5. The molecule has 2 N–H and O–H groups in total. The van der Waals surface area contributed by atoms with Gasteiger partial charge in [0.15, 0.2) is 11.5 Å². The molecule has 142 valence electrons. The second-order valence-corrected chi connectivity index (χ2v) is 6.19. The number of phenols is 1. The number of phenolic OH excluding ortho intramolecular Hbond substituents is 1. The lowest BCUT2D eigenvalue weighted by Gasteiger charge is -2.11. The van der Waals surface area contributed by atoms with Gasteiger partial charge in [0, 0.05) is 13.6 Å². The van der Waals surface area contributed by atoms with Gasteiger partial charge in [-0.3, -0.25) is 18.7 Å². The molecule has 1 aliphatic rings. The number of ketones is 1. The van der Waals surface area contributed by atoms with Crippen molar-refractivity contribution in [2.45, 2.75) is 26.8 Å². The molecule has 8 heteroatoms. The summed E-state index contributed by atoms with van der Waals surface area (Å²) in [4.78, 5) is 37.6. The van der Waals surface area contributed by atoms with E-state index in [2.05, 4.69) is 5.32 Å². The highest BCUT2D eigenvalue weighted by Gasteiger charge is 2.32. The van der Waals surface area contributed by atoms with Crippen molar-refractivity contribution < 1.29 is 14.6 Å². The van der Waals surface area contributed by atoms with Crippen molar-refractivity contribution in [3.63, 3.8) is 0 Å². The molecular weight excluding hydrogens is 350 g/mol. The molecule has 0 spiro atoms. The molecule has 27 heavy (non-hydrogen) atoms. The maximum atomic E-state index is 12.8. The van der Waals surface area contributed by atoms with Crippen LogP contribution in [0.5, 0.6) is 11.5 Å². The standard InChI is InChI=1S/C19H21N3O5/c1-4-8-22-17-15(18(25)21(3)19(22)26)16(24)12(20-17)9-11-6-7-13(23)14(10-11)27-5-2/h6-7,9-10,20,23H,4-5,8H2,1-3H3/b12-9-. The molecule has 0 aliphatic carbocycles. The molecule has 1 aliphatic heterocycles. The maximum absolute atomic E-state index is 12.8. The van der Waals surface area contributed by atoms with Crippen LogP contribution in [0.1, 0.15) is 36.2 Å². The summed E-state index contributed by atoms with van der Waals surface area (Å²) in [6, 6.07) is 4.69. The Hall–Kier alpha value is -3.29. The van der Waals surface area contributed by atoms with E-state index in [1.807, 2.05) is 6.92 Å². The number of carbonyl (C=O) groups is 1. The molecule has 2 heterocycles. The molecule has 1 aromatic heterocycles. The molecule has 0 fully saturated rings. The third-order valence-corrected chi connectivity index (χ3v) is 4.31. The van der Waals surface area contributed by atoms with E-state index in [0.29, 0.717) is 30.9 Å². The summed E-state index contributed by atoms with van der Waals surface area (Å²) in [5.74, 6) is 0.0544. The molecular formula is C19H21N3O5. The number of Topliss-reactive ketones (excluding diaryl/α,β-unsaturated/α-hetero) is 1. The van der Waals surface area contributed by atoms with Gasteiger partial charge in [-0.05, 0) is 37.1 Å². The molecule has 1 aromatic carbocycles. The molecule has 0 saturated carbocycles. The number of nitrogens with one attached hydrogen (secondary N) is 1. The van der Waals surface area contributed by atoms with Gasteiger partial charge >= 0.3 is 5.69 Å². The zero-order valence-corrected chi connectivity index (χ0v) is 15.4. The Bertz CT molecular complexity index is 1060. The van der Waals surface area contributed by atoms with E-state index in [1.165, 1.54) is 17.7 Å². The van der Waals surface area contributed by atoms with Crippen molar-refractivity contribution in [2.24, 2.45) is 7.05 Å². The largest absolute Gasteiger partial charge is 0.504 e. The van der Waals surface area contributed by atoms with Crippen LogP contribution in [0.25, 0.3) is 6.08 Å². The van der Waals surface area contributed by atoms with Crippen molar-refractivity contribution in [1.29, 1.82) is 0 Å². The Morgan fingerprint density at radius 2 is 1.96 bits per heavy atom. The number of benzene rings is 1. The first-order valence-electron chi connectivity index (χ1n) is 8.72. The Kier molecular flexibility index (Phi) is 4.89. The van der Waals surface area contributed by atoms with Crippen LogP contribution in [0.15, 0.2) is 33.5 Å². The molecule has 8 nitrogen and oxygen atoms in total. The van der Waals surface area contributed by atoms with E-state index >= 15 is 0 Å². The van der Waals surface area contributed by atoms with Gasteiger partial charge in [-0.2, -0.15) is 0 Å². The molecule has 0 bridgehead atoms. The maximum Gasteiger partial charge on any atom is 0.332 e. The van der Waals surface area contributed by atoms with Crippen LogP contribution in [0.2, 0.25) is 0 Å². The van der Waals surface area contributed by atoms with Crippen molar-refractivity contribution in [1.82, 2.24) is 9.13 Å². The number of ether oxygens (including phenoxy) is 1. The molecule has 3 rings (SSSR count). The Labute approximate surface area is 155 Å². The Morgan fingerprint density at radius 3 is 2.63 bits per heavy atom. The van der Waals surface area contributed by atoms with E-state index in [9.17, 15) is 19.5 Å². The Morgan fingerprint density at radius 1 is 1.22 bits per heavy atom. The van der Waals surface area contributed by atoms with Gasteiger partial charge in [-0.25, -0.2) is 4.79 Å². The smallest absolute Gasteiger partial charge is 0.332 e. The summed E-state index contributed by atoms with van der Waals surface area (Å²) in [6.07, 6.45) is 2.24. The number of aromatic hydroxyl groups is 1. The van der Waals surface area contributed by atoms with E-state index < -0.39 is 17.0 Å². The van der Waals surface area contributed by atoms with Crippen molar-refractivity contribution in [2.75, 3.05) is 11.9 Å². The van der Waals surface area contributed by atoms with E-state index in [1.54, 1.807) is 25.1 Å². The minimum Gasteiger partial charge on any atom is -0.504 e. The predicted molar refractivity (Wildman–Crippen MR) is 101 cm³/mol. The van der Waals surface area contributed by atoms with Crippen LogP contribution < -0.4 is 21.3 Å². The fraction of sp³-hybridized carbons (Fsp3) is 0.316. The van der Waals surface area contributed by atoms with Crippen molar-refractivity contribution >= 4 is 17.7 Å². The lowest BCUT2D eigenvalue weighted by Crippen LogP contribution is -2.40. The fourth-order valence-corrected chi connectivity index (χ4v) is 3.01. The number of allylic oxidation sites excluding steroid dienone is 1. The van der Waals surface area contributed by atoms with Gasteiger partial charge in [-0.1, -0.05) is 13.0 Å². The third-order valence-electron chi connectivity index (χ3n) is 4.31. The number of aromatic nitrogens is 2. The second-order valence-electron chi connectivity index (χ2n) is 6.19. The lowest BCUT2D eigenvalue weighted by atomic mass is 10.1. The highest BCUT2D eigenvalue weighted by molar-refractivity contribution is 6.19. The molecule has 0 radical (unpaired) electrons. The summed E-state index contributed by atoms with van der Waals surface area (Å²) in [6.45, 7) is 4.47. The topological polar surface area (TPSA) is 103 Å². The van der Waals surface area contributed by atoms with Gasteiger partial charge < -0.3 is 15.2 Å². The summed E-state index contributed by atoms with van der Waals surface area (Å²) < 4.78 is 7.70. The fourth-order valence-electron chi connectivity index (χ4n) is 3.01. The van der Waals surface area contributed by atoms with Gasteiger partial charge in [0.05, 0.1) is 12.3 Å². The van der Waals surface area contributed by atoms with E-state index in [-0.39, 0.29) is 22.8 Å². The molecule has 0 amide bonds. The second kappa shape index (κ2) is 7.14. The summed E-state index contributed by atoms with van der Waals surface area (Å²) in [7, 11) is 1.36. The monoisotopic (exact) mass is 371 g/mol. The number of hydrogen-bond donors (Lipinski definition) is 2. The van der Waals surface area contributed by atoms with Crippen LogP contribution in [-0.2, 0) is 13.6 Å². The SMILES string of the molecule is CCCn1c2c(c(=O)n(C)c1=O)C(=O)/C(=C/c1ccc(O)c(OCC)c1)N2. The number of carbonyl (C=O) groups excluding carboxylic acids is 1. The third kappa shape index (κ3) is 3.14. The number of fused-ring (bicyclic) bond motifs is 1. The highest BCUT2D eigenvalue weighted by atomic mass is 16.5. The van der Waals surface area contributed by atoms with Gasteiger partial charge in [0.25, 0.3) is 5.56 Å². The van der Waals surface area contributed by atoms with Crippen LogP contribution in [0.4, 0.5) is 5.82 Å². The normalized spacial score (nSPS) is 14.3. The first-order chi connectivity index (χ1) is 12.9. The number of anilines is 1. The number of nitrogens with zero attached hydrogens (tertiary/aromatic N) is 2. The quantitative estimate of drug-likeness (QED) is 0.776. The van der Waals surface area contributed by atoms with Crippen LogP contribution in [0.3, 0.4) is 0 Å². The van der Waals surface area contributed by atoms with Crippen LogP contribution >= 0.6 is 0 Å². The van der Waals surface area contributed by atoms with Crippen molar-refractivity contribution in [3.8, 4) is 11.5 Å². The van der Waals surface area contributed by atoms with Gasteiger partial charge in [0.1, 0.15) is 11.4 Å². The molecule has 0 unspecified atom stereocenters. The van der Waals surface area contributed by atoms with E-state index in [4.69, 9.17) is 4.74 Å². The molecule has 2 aromatic rings. The summed E-state index contributed by atoms with van der Waals surface area (Å²) in [5, 5.41) is 12.7.